The second-order valence-electron chi connectivity index (χ2n) is 3.23. The van der Waals surface area contributed by atoms with E-state index in [1.807, 2.05) is 35.0 Å². The largest absolute Gasteiger partial charge is 0.497 e. The van der Waals surface area contributed by atoms with Gasteiger partial charge in [0.1, 0.15) is 5.75 Å². The first-order chi connectivity index (χ1) is 7.70. The van der Waals surface area contributed by atoms with Gasteiger partial charge >= 0.3 is 0 Å². The third kappa shape index (κ3) is 1.88. The molecule has 2 aromatic rings. The fourth-order valence-corrected chi connectivity index (χ4v) is 1.51. The third-order valence-corrected chi connectivity index (χ3v) is 2.28. The molecule has 0 aliphatic rings. The minimum Gasteiger partial charge on any atom is -0.497 e. The smallest absolute Gasteiger partial charge is 0.235 e. The van der Waals surface area contributed by atoms with Gasteiger partial charge in [-0.25, -0.2) is 0 Å². The first-order valence-electron chi connectivity index (χ1n) is 4.67. The molecule has 0 bridgehead atoms. The average Bonchev–Trinajstić information content (AvgIpc) is 2.68. The second-order valence-corrected chi connectivity index (χ2v) is 3.23. The van der Waals surface area contributed by atoms with Crippen LogP contribution in [0.1, 0.15) is 5.56 Å². The van der Waals surface area contributed by atoms with Crippen molar-refractivity contribution in [2.24, 2.45) is 0 Å². The zero-order valence-corrected chi connectivity index (χ0v) is 8.66. The van der Waals surface area contributed by atoms with Gasteiger partial charge < -0.3 is 9.14 Å². The van der Waals surface area contributed by atoms with Crippen molar-refractivity contribution in [2.75, 3.05) is 7.11 Å². The lowest BCUT2D eigenvalue weighted by Gasteiger charge is -2.01. The topological polar surface area (TPSA) is 56.8 Å². The number of hydrogen-bond donors (Lipinski definition) is 0. The van der Waals surface area contributed by atoms with Crippen LogP contribution in [0.5, 0.6) is 5.75 Å². The van der Waals surface area contributed by atoms with Crippen molar-refractivity contribution in [2.45, 2.75) is 0 Å². The summed E-state index contributed by atoms with van der Waals surface area (Å²) in [6.07, 6.45) is 6.08. The number of nitrogens with zero attached hydrogens (tertiary/aromatic N) is 2. The van der Waals surface area contributed by atoms with E-state index < -0.39 is 4.92 Å². The number of pyridine rings is 1. The minimum absolute atomic E-state index is 0.482. The molecule has 0 radical (unpaired) electrons. The molecule has 2 heterocycles. The molecule has 0 aromatic carbocycles. The van der Waals surface area contributed by atoms with Gasteiger partial charge in [0, 0.05) is 30.1 Å². The van der Waals surface area contributed by atoms with Gasteiger partial charge in [-0.15, -0.1) is 0 Å². The monoisotopic (exact) mass is 218 g/mol. The number of methoxy groups -OCH3 is 1. The third-order valence-electron chi connectivity index (χ3n) is 2.28. The zero-order valence-electron chi connectivity index (χ0n) is 8.66. The first kappa shape index (κ1) is 10.2. The summed E-state index contributed by atoms with van der Waals surface area (Å²) >= 11 is 0. The highest BCUT2D eigenvalue weighted by Crippen LogP contribution is 2.19. The summed E-state index contributed by atoms with van der Waals surface area (Å²) < 4.78 is 6.98. The van der Waals surface area contributed by atoms with E-state index in [1.54, 1.807) is 7.11 Å². The van der Waals surface area contributed by atoms with Crippen LogP contribution in [0, 0.1) is 10.1 Å². The van der Waals surface area contributed by atoms with E-state index >= 15 is 0 Å². The summed E-state index contributed by atoms with van der Waals surface area (Å²) in [5.41, 5.74) is 1.66. The van der Waals surface area contributed by atoms with Gasteiger partial charge in [-0.1, -0.05) is 0 Å². The van der Waals surface area contributed by atoms with Crippen LogP contribution in [0.3, 0.4) is 0 Å². The molecule has 0 saturated heterocycles. The lowest BCUT2D eigenvalue weighted by molar-refractivity contribution is -0.400. The Labute approximate surface area is 91.7 Å². The van der Waals surface area contributed by atoms with Gasteiger partial charge in [0.05, 0.1) is 17.5 Å². The molecule has 0 unspecified atom stereocenters. The Bertz CT molecular complexity index is 557. The predicted octanol–water partition coefficient (Wildman–Crippen LogP) is 2.20. The molecule has 82 valence electrons. The van der Waals surface area contributed by atoms with Crippen LogP contribution in [0.4, 0.5) is 0 Å². The molecule has 5 heteroatoms. The highest BCUT2D eigenvalue weighted by atomic mass is 16.6. The average molecular weight is 218 g/mol. The Balaban J connectivity index is 2.49. The maximum absolute atomic E-state index is 10.2. The summed E-state index contributed by atoms with van der Waals surface area (Å²) in [6.45, 7) is 0. The molecule has 0 N–H and O–H groups in total. The van der Waals surface area contributed by atoms with Crippen LogP contribution in [0.2, 0.25) is 0 Å². The van der Waals surface area contributed by atoms with Crippen molar-refractivity contribution in [1.29, 1.82) is 0 Å². The van der Waals surface area contributed by atoms with Gasteiger partial charge in [0.15, 0.2) is 0 Å². The highest BCUT2D eigenvalue weighted by molar-refractivity contribution is 5.70. The lowest BCUT2D eigenvalue weighted by atomic mass is 10.2. The molecule has 0 saturated carbocycles. The maximum Gasteiger partial charge on any atom is 0.235 e. The molecule has 0 spiro atoms. The molecule has 2 rings (SSSR count). The lowest BCUT2D eigenvalue weighted by Crippen LogP contribution is -1.87. The van der Waals surface area contributed by atoms with Crippen LogP contribution in [-0.2, 0) is 0 Å². The number of ether oxygens (including phenoxy) is 1. The summed E-state index contributed by atoms with van der Waals surface area (Å²) in [4.78, 5) is 9.76. The zero-order chi connectivity index (χ0) is 11.5. The number of aromatic nitrogens is 1. The number of rotatable bonds is 3. The second kappa shape index (κ2) is 4.06. The molecule has 0 amide bonds. The molecule has 5 nitrogen and oxygen atoms in total. The molecule has 0 aliphatic heterocycles. The molecule has 16 heavy (non-hydrogen) atoms. The van der Waals surface area contributed by atoms with E-state index in [-0.39, 0.29) is 0 Å². The van der Waals surface area contributed by atoms with Crippen LogP contribution < -0.4 is 4.74 Å². The van der Waals surface area contributed by atoms with Crippen molar-refractivity contribution in [3.63, 3.8) is 0 Å². The molecular formula is C11H10N2O3. The van der Waals surface area contributed by atoms with Crippen molar-refractivity contribution in [3.8, 4) is 5.75 Å². The van der Waals surface area contributed by atoms with Gasteiger partial charge in [-0.05, 0) is 12.1 Å². The predicted molar refractivity (Wildman–Crippen MR) is 60.0 cm³/mol. The van der Waals surface area contributed by atoms with Gasteiger partial charge in [-0.2, -0.15) is 0 Å². The fraction of sp³-hybridized carbons (Fsp3) is 0.0909. The standard InChI is InChI=1S/C11H10N2O3/c1-16-10-4-6-12-5-2-9(11(12)8-10)3-7-13(14)15/h2-8H,1H3. The SMILES string of the molecule is COc1ccn2ccc(C=C[N+](=O)[O-])c2c1. The van der Waals surface area contributed by atoms with E-state index in [4.69, 9.17) is 4.74 Å². The van der Waals surface area contributed by atoms with E-state index in [0.29, 0.717) is 0 Å². The van der Waals surface area contributed by atoms with Crippen molar-refractivity contribution in [3.05, 3.63) is 52.5 Å². The van der Waals surface area contributed by atoms with E-state index in [9.17, 15) is 10.1 Å². The Morgan fingerprint density at radius 2 is 2.19 bits per heavy atom. The van der Waals surface area contributed by atoms with Crippen LogP contribution in [0.15, 0.2) is 36.8 Å². The Morgan fingerprint density at radius 3 is 2.88 bits per heavy atom. The fourth-order valence-electron chi connectivity index (χ4n) is 1.51. The number of hydrogen-bond acceptors (Lipinski definition) is 3. The summed E-state index contributed by atoms with van der Waals surface area (Å²) in [5.74, 6) is 0.724. The van der Waals surface area contributed by atoms with Crippen molar-refractivity contribution < 1.29 is 9.66 Å². The van der Waals surface area contributed by atoms with Crippen LogP contribution in [-0.4, -0.2) is 16.4 Å². The van der Waals surface area contributed by atoms with E-state index in [1.165, 1.54) is 6.08 Å². The normalized spacial score (nSPS) is 11.1. The Hall–Kier alpha value is -2.30. The molecule has 0 aliphatic carbocycles. The number of nitro groups is 1. The maximum atomic E-state index is 10.2. The van der Waals surface area contributed by atoms with Gasteiger partial charge in [0.2, 0.25) is 6.20 Å². The van der Waals surface area contributed by atoms with Crippen molar-refractivity contribution in [1.82, 2.24) is 4.40 Å². The Kier molecular flexibility index (Phi) is 2.59. The van der Waals surface area contributed by atoms with E-state index in [0.717, 1.165) is 23.0 Å². The van der Waals surface area contributed by atoms with Gasteiger partial charge in [0.25, 0.3) is 0 Å². The highest BCUT2D eigenvalue weighted by Gasteiger charge is 2.02. The summed E-state index contributed by atoms with van der Waals surface area (Å²) in [6, 6.07) is 5.47. The summed E-state index contributed by atoms with van der Waals surface area (Å²) in [7, 11) is 1.58. The number of fused-ring (bicyclic) bond motifs is 1. The minimum atomic E-state index is -0.482. The Morgan fingerprint density at radius 1 is 1.44 bits per heavy atom. The molecule has 2 aromatic heterocycles. The molecule has 0 atom stereocenters. The first-order valence-corrected chi connectivity index (χ1v) is 4.67. The van der Waals surface area contributed by atoms with Crippen LogP contribution >= 0.6 is 0 Å². The quantitative estimate of drug-likeness (QED) is 0.586. The molecular weight excluding hydrogens is 208 g/mol. The molecule has 0 fully saturated rings. The van der Waals surface area contributed by atoms with Crippen LogP contribution in [0.25, 0.3) is 11.6 Å². The van der Waals surface area contributed by atoms with E-state index in [2.05, 4.69) is 0 Å². The van der Waals surface area contributed by atoms with Crippen molar-refractivity contribution >= 4 is 11.6 Å². The van der Waals surface area contributed by atoms with Gasteiger partial charge in [-0.3, -0.25) is 10.1 Å². The summed E-state index contributed by atoms with van der Waals surface area (Å²) in [5, 5.41) is 10.2.